The Morgan fingerprint density at radius 1 is 1.34 bits per heavy atom. The van der Waals surface area contributed by atoms with E-state index in [2.05, 4.69) is 25.4 Å². The molecule has 2 aromatic rings. The number of hydrogen-bond donors (Lipinski definition) is 4. The third kappa shape index (κ3) is 6.65. The largest absolute Gasteiger partial charge is 0.493 e. The zero-order valence-corrected chi connectivity index (χ0v) is 22.4. The van der Waals surface area contributed by atoms with Crippen LogP contribution in [0.5, 0.6) is 5.75 Å². The average Bonchev–Trinajstić information content (AvgIpc) is 2.84. The lowest BCUT2D eigenvalue weighted by Gasteiger charge is -2.38. The molecule has 1 aromatic heterocycles. The molecular weight excluding hydrogens is 518 g/mol. The number of H-pyrrole nitrogens is 1. The van der Waals surface area contributed by atoms with Gasteiger partial charge in [0.2, 0.25) is 10.0 Å². The first-order chi connectivity index (χ1) is 18.1. The molecule has 0 bridgehead atoms. The average molecular weight is 552 g/mol. The zero-order chi connectivity index (χ0) is 27.9. The number of rotatable bonds is 15. The highest BCUT2D eigenvalue weighted by Gasteiger charge is 2.36. The summed E-state index contributed by atoms with van der Waals surface area (Å²) in [6.07, 6.45) is 1.54. The van der Waals surface area contributed by atoms with Crippen LogP contribution in [-0.4, -0.2) is 79.4 Å². The summed E-state index contributed by atoms with van der Waals surface area (Å²) in [5.41, 5.74) is 0.362. The standard InChI is InChI=1S/C23H33N7O7S/c1-4-7-18(24)20-21(25-3)23(31)28-22(27-20)17-12-16(8-9-19(17)36-5-2)38(34,35)29-13-15(14-29)26-10-6-11-37-30(32)33/h8-9,12,15,24-26H,4-7,10-11,13-14H2,1-3H3,(H,27,28,31). The van der Waals surface area contributed by atoms with Crippen LogP contribution in [0.4, 0.5) is 5.69 Å². The van der Waals surface area contributed by atoms with Gasteiger partial charge in [0.1, 0.15) is 23.0 Å². The van der Waals surface area contributed by atoms with E-state index in [1.807, 2.05) is 6.92 Å². The second-order valence-electron chi connectivity index (χ2n) is 8.59. The minimum Gasteiger partial charge on any atom is -0.493 e. The van der Waals surface area contributed by atoms with Crippen LogP contribution in [-0.2, 0) is 14.9 Å². The normalized spacial score (nSPS) is 14.1. The first-order valence-electron chi connectivity index (χ1n) is 12.3. The van der Waals surface area contributed by atoms with Crippen molar-refractivity contribution >= 4 is 21.4 Å². The van der Waals surface area contributed by atoms with Gasteiger partial charge in [-0.15, -0.1) is 10.1 Å². The minimum atomic E-state index is -3.85. The molecule has 0 radical (unpaired) electrons. The molecule has 1 fully saturated rings. The molecule has 1 aliphatic heterocycles. The molecule has 0 amide bonds. The number of sulfonamides is 1. The summed E-state index contributed by atoms with van der Waals surface area (Å²) < 4.78 is 33.7. The van der Waals surface area contributed by atoms with Crippen molar-refractivity contribution in [2.24, 2.45) is 0 Å². The highest BCUT2D eigenvalue weighted by molar-refractivity contribution is 7.89. The predicted molar refractivity (Wildman–Crippen MR) is 141 cm³/mol. The van der Waals surface area contributed by atoms with Crippen LogP contribution in [0.15, 0.2) is 27.9 Å². The van der Waals surface area contributed by atoms with Crippen molar-refractivity contribution in [3.05, 3.63) is 44.4 Å². The summed E-state index contributed by atoms with van der Waals surface area (Å²) in [5.74, 6) is 0.449. The van der Waals surface area contributed by atoms with Gasteiger partial charge in [0.15, 0.2) is 0 Å². The number of benzene rings is 1. The number of hydrogen-bond acceptors (Lipinski definition) is 11. The van der Waals surface area contributed by atoms with Crippen LogP contribution in [0.25, 0.3) is 11.4 Å². The molecule has 3 rings (SSSR count). The first kappa shape index (κ1) is 29.0. The molecule has 0 spiro atoms. The van der Waals surface area contributed by atoms with Gasteiger partial charge in [-0.3, -0.25) is 4.79 Å². The topological polar surface area (TPSA) is 193 Å². The number of anilines is 1. The second kappa shape index (κ2) is 12.8. The van der Waals surface area contributed by atoms with E-state index in [0.717, 1.165) is 0 Å². The second-order valence-corrected chi connectivity index (χ2v) is 10.5. The lowest BCUT2D eigenvalue weighted by atomic mass is 10.1. The van der Waals surface area contributed by atoms with E-state index < -0.39 is 20.7 Å². The summed E-state index contributed by atoms with van der Waals surface area (Å²) in [7, 11) is -2.28. The Hall–Kier alpha value is -3.56. The van der Waals surface area contributed by atoms with Gasteiger partial charge >= 0.3 is 0 Å². The van der Waals surface area contributed by atoms with Crippen molar-refractivity contribution in [3.63, 3.8) is 0 Å². The number of nitrogens with one attached hydrogen (secondary N) is 4. The molecule has 38 heavy (non-hydrogen) atoms. The number of aromatic nitrogens is 2. The summed E-state index contributed by atoms with van der Waals surface area (Å²) in [6.45, 7) is 4.92. The quantitative estimate of drug-likeness (QED) is 0.109. The van der Waals surface area contributed by atoms with Crippen LogP contribution in [0.3, 0.4) is 0 Å². The monoisotopic (exact) mass is 551 g/mol. The fourth-order valence-electron chi connectivity index (χ4n) is 3.99. The van der Waals surface area contributed by atoms with Crippen molar-refractivity contribution < 1.29 is 23.1 Å². The summed E-state index contributed by atoms with van der Waals surface area (Å²) in [4.78, 5) is 34.5. The van der Waals surface area contributed by atoms with Gasteiger partial charge in [-0.05, 0) is 44.5 Å². The Morgan fingerprint density at radius 3 is 2.71 bits per heavy atom. The van der Waals surface area contributed by atoms with Crippen LogP contribution < -0.4 is 20.9 Å². The van der Waals surface area contributed by atoms with E-state index in [0.29, 0.717) is 43.7 Å². The molecule has 2 heterocycles. The highest BCUT2D eigenvalue weighted by Crippen LogP contribution is 2.33. The Bertz CT molecular complexity index is 1320. The Balaban J connectivity index is 1.85. The van der Waals surface area contributed by atoms with Crippen molar-refractivity contribution in [2.75, 3.05) is 45.2 Å². The van der Waals surface area contributed by atoms with Crippen LogP contribution in [0.2, 0.25) is 0 Å². The van der Waals surface area contributed by atoms with E-state index in [9.17, 15) is 23.3 Å². The van der Waals surface area contributed by atoms with Gasteiger partial charge in [-0.2, -0.15) is 4.31 Å². The molecule has 1 saturated heterocycles. The number of aromatic amines is 1. The van der Waals surface area contributed by atoms with E-state index in [4.69, 9.17) is 10.1 Å². The van der Waals surface area contributed by atoms with Gasteiger partial charge in [0.25, 0.3) is 10.6 Å². The molecule has 15 heteroatoms. The molecule has 1 aromatic carbocycles. The molecule has 4 N–H and O–H groups in total. The fourth-order valence-corrected chi connectivity index (χ4v) is 5.54. The van der Waals surface area contributed by atoms with Crippen LogP contribution in [0, 0.1) is 15.5 Å². The van der Waals surface area contributed by atoms with E-state index >= 15 is 0 Å². The lowest BCUT2D eigenvalue weighted by molar-refractivity contribution is -0.757. The van der Waals surface area contributed by atoms with Crippen molar-refractivity contribution in [1.29, 1.82) is 5.41 Å². The fraction of sp³-hybridized carbons (Fsp3) is 0.522. The predicted octanol–water partition coefficient (Wildman–Crippen LogP) is 1.61. The van der Waals surface area contributed by atoms with Crippen LogP contribution in [0.1, 0.15) is 38.8 Å². The van der Waals surface area contributed by atoms with Crippen molar-refractivity contribution in [3.8, 4) is 17.1 Å². The Morgan fingerprint density at radius 2 is 2.08 bits per heavy atom. The van der Waals surface area contributed by atoms with Gasteiger partial charge in [-0.1, -0.05) is 13.3 Å². The van der Waals surface area contributed by atoms with Gasteiger partial charge in [0, 0.05) is 26.2 Å². The smallest absolute Gasteiger partial charge is 0.294 e. The molecular formula is C23H33N7O7S. The zero-order valence-electron chi connectivity index (χ0n) is 21.6. The molecule has 0 saturated carbocycles. The third-order valence-corrected chi connectivity index (χ3v) is 7.73. The highest BCUT2D eigenvalue weighted by atomic mass is 32.2. The summed E-state index contributed by atoms with van der Waals surface area (Å²) >= 11 is 0. The SMILES string of the molecule is CCCC(=N)c1nc(-c2cc(S(=O)(=O)N3CC(NCCCO[N+](=O)[O-])C3)ccc2OCC)[nH]c(=O)c1NC. The summed E-state index contributed by atoms with van der Waals surface area (Å²) in [6, 6.07) is 4.31. The third-order valence-electron chi connectivity index (χ3n) is 5.90. The van der Waals surface area contributed by atoms with Crippen molar-refractivity contribution in [2.45, 2.75) is 44.0 Å². The molecule has 14 nitrogen and oxygen atoms in total. The molecule has 0 atom stereocenters. The molecule has 0 aliphatic carbocycles. The molecule has 1 aliphatic rings. The number of ether oxygens (including phenoxy) is 1. The van der Waals surface area contributed by atoms with E-state index in [-0.39, 0.29) is 53.6 Å². The maximum Gasteiger partial charge on any atom is 0.294 e. The minimum absolute atomic E-state index is 0.0133. The lowest BCUT2D eigenvalue weighted by Crippen LogP contribution is -2.59. The molecule has 0 unspecified atom stereocenters. The Kier molecular flexibility index (Phi) is 9.77. The number of nitrogens with zero attached hydrogens (tertiary/aromatic N) is 3. The van der Waals surface area contributed by atoms with Crippen LogP contribution >= 0.6 is 0 Å². The van der Waals surface area contributed by atoms with Crippen molar-refractivity contribution in [1.82, 2.24) is 19.6 Å². The van der Waals surface area contributed by atoms with E-state index in [1.54, 1.807) is 14.0 Å². The maximum absolute atomic E-state index is 13.3. The first-order valence-corrected chi connectivity index (χ1v) is 13.7. The van der Waals surface area contributed by atoms with Gasteiger partial charge in [-0.25, -0.2) is 13.4 Å². The Labute approximate surface area is 220 Å². The van der Waals surface area contributed by atoms with Gasteiger partial charge < -0.3 is 30.6 Å². The van der Waals surface area contributed by atoms with E-state index in [1.165, 1.54) is 22.5 Å². The maximum atomic E-state index is 13.3. The molecule has 208 valence electrons. The van der Waals surface area contributed by atoms with Gasteiger partial charge in [0.05, 0.1) is 29.4 Å². The summed E-state index contributed by atoms with van der Waals surface area (Å²) in [5, 5.41) is 23.7.